The van der Waals surface area contributed by atoms with E-state index in [-0.39, 0.29) is 23.0 Å². The van der Waals surface area contributed by atoms with Crippen molar-refractivity contribution in [3.63, 3.8) is 0 Å². The molecule has 3 aromatic rings. The fraction of sp³-hybridized carbons (Fsp3) is 0.0952. The zero-order chi connectivity index (χ0) is 18.8. The number of aromatic nitrogens is 1. The second kappa shape index (κ2) is 6.96. The second-order valence-corrected chi connectivity index (χ2v) is 6.04. The number of benzene rings is 2. The Kier molecular flexibility index (Phi) is 4.35. The van der Waals surface area contributed by atoms with Gasteiger partial charge in [-0.25, -0.2) is 9.37 Å². The third kappa shape index (κ3) is 3.15. The van der Waals surface area contributed by atoms with E-state index < -0.39 is 11.8 Å². The molecule has 0 spiro atoms. The Morgan fingerprint density at radius 2 is 1.85 bits per heavy atom. The number of rotatable bonds is 2. The minimum Gasteiger partial charge on any atom is -0.485 e. The number of ether oxygens (including phenoxy) is 1. The van der Waals surface area contributed by atoms with Crippen LogP contribution in [0.5, 0.6) is 5.75 Å². The van der Waals surface area contributed by atoms with Crippen LogP contribution in [0.2, 0.25) is 0 Å². The molecular weight excluding hydrogens is 348 g/mol. The van der Waals surface area contributed by atoms with Crippen LogP contribution in [0, 0.1) is 18.3 Å². The molecule has 6 heteroatoms. The van der Waals surface area contributed by atoms with Gasteiger partial charge in [-0.15, -0.1) is 4.95 Å². The van der Waals surface area contributed by atoms with E-state index >= 15 is 0 Å². The molecule has 132 valence electrons. The molecular formula is C21H13F2N3O. The average Bonchev–Trinajstić information content (AvgIpc) is 2.69. The smallest absolute Gasteiger partial charge is 0.220 e. The van der Waals surface area contributed by atoms with Crippen molar-refractivity contribution in [2.75, 3.05) is 0 Å². The number of nitrogens with zero attached hydrogens (tertiary/aromatic N) is 3. The summed E-state index contributed by atoms with van der Waals surface area (Å²) < 4.78 is 34.7. The average molecular weight is 361 g/mol. The minimum absolute atomic E-state index is 0.0464. The van der Waals surface area contributed by atoms with E-state index in [2.05, 4.69) is 15.0 Å². The first-order valence-corrected chi connectivity index (χ1v) is 8.27. The molecule has 1 unspecified atom stereocenters. The fourth-order valence-electron chi connectivity index (χ4n) is 3.16. The molecule has 4 nitrogen and oxygen atoms in total. The first-order valence-electron chi connectivity index (χ1n) is 8.27. The Morgan fingerprint density at radius 1 is 1.04 bits per heavy atom. The zero-order valence-corrected chi connectivity index (χ0v) is 14.1. The van der Waals surface area contributed by atoms with Crippen LogP contribution in [-0.2, 0) is 0 Å². The maximum absolute atomic E-state index is 14.7. The van der Waals surface area contributed by atoms with Crippen LogP contribution >= 0.6 is 0 Å². The van der Waals surface area contributed by atoms with E-state index in [9.17, 15) is 8.78 Å². The summed E-state index contributed by atoms with van der Waals surface area (Å²) in [5, 5.41) is 3.88. The Balaban J connectivity index is 1.83. The number of pyridine rings is 1. The van der Waals surface area contributed by atoms with Crippen LogP contribution in [0.1, 0.15) is 23.7 Å². The van der Waals surface area contributed by atoms with E-state index in [1.165, 1.54) is 30.5 Å². The van der Waals surface area contributed by atoms with Gasteiger partial charge in [0, 0.05) is 35.4 Å². The largest absolute Gasteiger partial charge is 0.485 e. The maximum Gasteiger partial charge on any atom is 0.220 e. The van der Waals surface area contributed by atoms with Crippen molar-refractivity contribution >= 4 is 5.71 Å². The van der Waals surface area contributed by atoms with Crippen molar-refractivity contribution in [2.24, 2.45) is 5.10 Å². The molecule has 0 N–H and O–H groups in total. The van der Waals surface area contributed by atoms with Gasteiger partial charge < -0.3 is 4.74 Å². The Hall–Kier alpha value is -3.59. The lowest BCUT2D eigenvalue weighted by Crippen LogP contribution is -2.21. The van der Waals surface area contributed by atoms with Crippen LogP contribution in [0.25, 0.3) is 16.1 Å². The molecule has 27 heavy (non-hydrogen) atoms. The Morgan fingerprint density at radius 3 is 2.59 bits per heavy atom. The number of hydrogen-bond acceptors (Lipinski definition) is 3. The van der Waals surface area contributed by atoms with E-state index in [4.69, 9.17) is 11.3 Å². The van der Waals surface area contributed by atoms with Gasteiger partial charge in [-0.1, -0.05) is 30.3 Å². The molecule has 2 heterocycles. The highest BCUT2D eigenvalue weighted by atomic mass is 19.1. The molecule has 1 aromatic heterocycles. The molecule has 1 aliphatic heterocycles. The molecule has 0 bridgehead atoms. The van der Waals surface area contributed by atoms with Gasteiger partial charge in [0.2, 0.25) is 5.95 Å². The predicted octanol–water partition coefficient (Wildman–Crippen LogP) is 5.17. The molecule has 0 fully saturated rings. The van der Waals surface area contributed by atoms with Gasteiger partial charge in [0.1, 0.15) is 23.4 Å². The van der Waals surface area contributed by atoms with E-state index in [0.717, 1.165) is 5.56 Å². The quantitative estimate of drug-likeness (QED) is 0.359. The highest BCUT2D eigenvalue weighted by molar-refractivity contribution is 6.05. The lowest BCUT2D eigenvalue weighted by atomic mass is 9.93. The van der Waals surface area contributed by atoms with Crippen LogP contribution < -0.4 is 4.74 Å². The lowest BCUT2D eigenvalue weighted by molar-refractivity contribution is 0.205. The number of fused-ring (bicyclic) bond motifs is 1. The van der Waals surface area contributed by atoms with Gasteiger partial charge >= 0.3 is 0 Å². The van der Waals surface area contributed by atoms with Gasteiger partial charge in [-0.05, 0) is 23.8 Å². The topological polar surface area (TPSA) is 38.8 Å². The van der Waals surface area contributed by atoms with Gasteiger partial charge in [-0.2, -0.15) is 11.0 Å². The molecule has 0 amide bonds. The van der Waals surface area contributed by atoms with Gasteiger partial charge in [0.15, 0.2) is 0 Å². The Labute approximate surface area is 154 Å². The summed E-state index contributed by atoms with van der Waals surface area (Å²) in [6.07, 6.45) is 1.29. The number of hydrogen-bond donors (Lipinski definition) is 0. The fourth-order valence-corrected chi connectivity index (χ4v) is 3.16. The van der Waals surface area contributed by atoms with E-state index in [0.29, 0.717) is 17.7 Å². The highest BCUT2D eigenvalue weighted by Crippen LogP contribution is 2.39. The molecule has 0 aliphatic carbocycles. The summed E-state index contributed by atoms with van der Waals surface area (Å²) in [4.78, 5) is 6.70. The van der Waals surface area contributed by atoms with Crippen LogP contribution in [-0.4, -0.2) is 10.7 Å². The maximum atomic E-state index is 14.7. The van der Waals surface area contributed by atoms with Gasteiger partial charge in [0.25, 0.3) is 0 Å². The molecule has 1 atom stereocenters. The third-order valence-electron chi connectivity index (χ3n) is 4.42. The summed E-state index contributed by atoms with van der Waals surface area (Å²) in [5.41, 5.74) is 1.97. The first kappa shape index (κ1) is 16.9. The molecule has 1 aliphatic rings. The molecule has 0 saturated carbocycles. The first-order chi connectivity index (χ1) is 13.2. The van der Waals surface area contributed by atoms with Crippen molar-refractivity contribution in [1.82, 2.24) is 4.98 Å². The predicted molar refractivity (Wildman–Crippen MR) is 97.2 cm³/mol. The molecule has 2 aromatic carbocycles. The molecule has 0 saturated heterocycles. The van der Waals surface area contributed by atoms with Crippen LogP contribution in [0.4, 0.5) is 8.78 Å². The molecule has 4 rings (SSSR count). The van der Waals surface area contributed by atoms with Crippen molar-refractivity contribution in [2.45, 2.75) is 12.5 Å². The SMILES string of the molecule is [C-]#[N+]/N=C1\CC(c2ccccc2)Oc2cc(F)c(-c3cccnc3F)cc21. The summed E-state index contributed by atoms with van der Waals surface area (Å²) in [7, 11) is 0. The monoisotopic (exact) mass is 361 g/mol. The standard InChI is InChI=1S/C21H13F2N3O/c1-24-26-18-12-19(13-6-3-2-4-7-13)27-20-11-17(22)15(10-16(18)20)14-8-5-9-25-21(14)23/h2-11,19H,12H2/b26-18+. The van der Waals surface area contributed by atoms with Gasteiger partial charge in [-0.3, -0.25) is 0 Å². The van der Waals surface area contributed by atoms with Crippen molar-refractivity contribution in [3.8, 4) is 16.9 Å². The van der Waals surface area contributed by atoms with E-state index in [1.54, 1.807) is 0 Å². The van der Waals surface area contributed by atoms with Crippen LogP contribution in [0.3, 0.4) is 0 Å². The second-order valence-electron chi connectivity index (χ2n) is 6.04. The van der Waals surface area contributed by atoms with Crippen LogP contribution in [0.15, 0.2) is 65.9 Å². The zero-order valence-electron chi connectivity index (χ0n) is 14.1. The summed E-state index contributed by atoms with van der Waals surface area (Å²) in [6.45, 7) is 7.10. The Bertz CT molecular complexity index is 1070. The van der Waals surface area contributed by atoms with Crippen molar-refractivity contribution in [3.05, 3.63) is 95.2 Å². The minimum atomic E-state index is -0.765. The lowest BCUT2D eigenvalue weighted by Gasteiger charge is -2.27. The van der Waals surface area contributed by atoms with E-state index in [1.807, 2.05) is 30.3 Å². The highest BCUT2D eigenvalue weighted by Gasteiger charge is 2.30. The van der Waals surface area contributed by atoms with Crippen molar-refractivity contribution in [1.29, 1.82) is 0 Å². The van der Waals surface area contributed by atoms with Gasteiger partial charge in [0.05, 0.1) is 5.10 Å². The summed E-state index contributed by atoms with van der Waals surface area (Å²) in [5.74, 6) is -1.11. The normalized spacial score (nSPS) is 17.1. The number of halogens is 2. The third-order valence-corrected chi connectivity index (χ3v) is 4.42. The molecule has 0 radical (unpaired) electrons. The summed E-state index contributed by atoms with van der Waals surface area (Å²) in [6, 6.07) is 15.1. The van der Waals surface area contributed by atoms with Crippen molar-refractivity contribution < 1.29 is 13.5 Å². The summed E-state index contributed by atoms with van der Waals surface area (Å²) >= 11 is 0.